The third-order valence-electron chi connectivity index (χ3n) is 3.39. The lowest BCUT2D eigenvalue weighted by Crippen LogP contribution is -2.16. The number of hydrogen-bond donors (Lipinski definition) is 1. The predicted molar refractivity (Wildman–Crippen MR) is 94.3 cm³/mol. The first-order valence-corrected chi connectivity index (χ1v) is 7.81. The smallest absolute Gasteiger partial charge is 0.339 e. The molecule has 0 aliphatic carbocycles. The van der Waals surface area contributed by atoms with Gasteiger partial charge in [0.25, 0.3) is 0 Å². The third kappa shape index (κ3) is 3.84. The maximum absolute atomic E-state index is 11.7. The Labute approximate surface area is 153 Å². The Balaban J connectivity index is 1.73. The zero-order valence-corrected chi connectivity index (χ0v) is 14.3. The molecule has 0 saturated heterocycles. The molecule has 0 bridgehead atoms. The van der Waals surface area contributed by atoms with Crippen LogP contribution in [0.3, 0.4) is 0 Å². The van der Waals surface area contributed by atoms with Crippen LogP contribution in [0.15, 0.2) is 62.7 Å². The van der Waals surface area contributed by atoms with Crippen LogP contribution >= 0.6 is 11.6 Å². The molecule has 0 saturated carbocycles. The molecule has 0 radical (unpaired) electrons. The van der Waals surface area contributed by atoms with Crippen molar-refractivity contribution in [1.29, 1.82) is 0 Å². The Morgan fingerprint density at radius 2 is 2.08 bits per heavy atom. The van der Waals surface area contributed by atoms with E-state index in [0.29, 0.717) is 17.1 Å². The summed E-state index contributed by atoms with van der Waals surface area (Å²) in [6.07, 6.45) is 2.74. The minimum atomic E-state index is -0.536. The fourth-order valence-corrected chi connectivity index (χ4v) is 2.33. The molecule has 26 heavy (non-hydrogen) atoms. The molecule has 1 N–H and O–H groups in total. The van der Waals surface area contributed by atoms with Gasteiger partial charge in [-0.2, -0.15) is 5.10 Å². The molecule has 132 valence electrons. The van der Waals surface area contributed by atoms with Crippen LogP contribution in [0, 0.1) is 0 Å². The van der Waals surface area contributed by atoms with E-state index in [-0.39, 0.29) is 16.3 Å². The average Bonchev–Trinajstić information content (AvgIpc) is 3.33. The highest BCUT2D eigenvalue weighted by molar-refractivity contribution is 6.33. The summed E-state index contributed by atoms with van der Waals surface area (Å²) in [5.74, 6) is 0.0583. The summed E-state index contributed by atoms with van der Waals surface area (Å²) < 4.78 is 15.3. The molecule has 0 spiro atoms. The second-order valence-electron chi connectivity index (χ2n) is 5.06. The molecule has 1 amide bonds. The van der Waals surface area contributed by atoms with E-state index in [1.807, 2.05) is 0 Å². The summed E-state index contributed by atoms with van der Waals surface area (Å²) >= 11 is 6.00. The third-order valence-corrected chi connectivity index (χ3v) is 3.72. The van der Waals surface area contributed by atoms with Crippen molar-refractivity contribution in [1.82, 2.24) is 5.43 Å². The minimum Gasteiger partial charge on any atom is -0.465 e. The fourth-order valence-electron chi connectivity index (χ4n) is 2.14. The molecule has 0 aliphatic heterocycles. The van der Waals surface area contributed by atoms with E-state index in [2.05, 4.69) is 10.5 Å². The number of rotatable bonds is 5. The van der Waals surface area contributed by atoms with Gasteiger partial charge in [0.05, 0.1) is 30.2 Å². The van der Waals surface area contributed by atoms with Crippen LogP contribution in [0.25, 0.3) is 11.3 Å². The predicted octanol–water partition coefficient (Wildman–Crippen LogP) is 3.74. The molecule has 8 heteroatoms. The number of benzene rings is 1. The van der Waals surface area contributed by atoms with Gasteiger partial charge in [0, 0.05) is 5.56 Å². The zero-order valence-electron chi connectivity index (χ0n) is 13.6. The number of amides is 1. The monoisotopic (exact) mass is 372 g/mol. The van der Waals surface area contributed by atoms with Crippen molar-refractivity contribution in [3.8, 4) is 11.3 Å². The summed E-state index contributed by atoms with van der Waals surface area (Å²) in [6.45, 7) is 0. The Hall–Kier alpha value is -3.32. The molecule has 3 aromatic rings. The van der Waals surface area contributed by atoms with Gasteiger partial charge in [-0.25, -0.2) is 10.2 Å². The van der Waals surface area contributed by atoms with E-state index in [4.69, 9.17) is 25.2 Å². The average molecular weight is 373 g/mol. The van der Waals surface area contributed by atoms with Crippen molar-refractivity contribution >= 4 is 29.7 Å². The van der Waals surface area contributed by atoms with Gasteiger partial charge in [0.1, 0.15) is 11.5 Å². The van der Waals surface area contributed by atoms with Crippen molar-refractivity contribution in [2.45, 2.75) is 0 Å². The van der Waals surface area contributed by atoms with Crippen molar-refractivity contribution in [2.75, 3.05) is 7.11 Å². The Morgan fingerprint density at radius 1 is 1.23 bits per heavy atom. The number of carbonyl (C=O) groups excluding carboxylic acids is 2. The molecule has 3 rings (SSSR count). The molecule has 0 atom stereocenters. The maximum Gasteiger partial charge on any atom is 0.339 e. The molecule has 1 aromatic carbocycles. The molecular weight excluding hydrogens is 360 g/mol. The summed E-state index contributed by atoms with van der Waals surface area (Å²) in [5.41, 5.74) is 3.21. The number of nitrogens with one attached hydrogen (secondary N) is 1. The second-order valence-corrected chi connectivity index (χ2v) is 5.47. The van der Waals surface area contributed by atoms with Crippen molar-refractivity contribution < 1.29 is 23.2 Å². The number of hydrogen-bond acceptors (Lipinski definition) is 6. The molecular formula is C18H13ClN2O5. The molecule has 0 aliphatic rings. The quantitative estimate of drug-likeness (QED) is 0.418. The SMILES string of the molecule is COC(=O)c1cc(-c2ccc(/C=N\NC(=O)c3ccco3)o2)ccc1Cl. The van der Waals surface area contributed by atoms with Gasteiger partial charge >= 0.3 is 11.9 Å². The van der Waals surface area contributed by atoms with Crippen molar-refractivity contribution in [3.05, 3.63) is 70.8 Å². The number of carbonyl (C=O) groups is 2. The highest BCUT2D eigenvalue weighted by Gasteiger charge is 2.13. The van der Waals surface area contributed by atoms with Crippen LogP contribution in [0.5, 0.6) is 0 Å². The van der Waals surface area contributed by atoms with E-state index < -0.39 is 11.9 Å². The number of furan rings is 2. The topological polar surface area (TPSA) is 94.0 Å². The van der Waals surface area contributed by atoms with E-state index >= 15 is 0 Å². The molecule has 7 nitrogen and oxygen atoms in total. The fraction of sp³-hybridized carbons (Fsp3) is 0.0556. The lowest BCUT2D eigenvalue weighted by molar-refractivity contribution is 0.0601. The van der Waals surface area contributed by atoms with Crippen molar-refractivity contribution in [2.24, 2.45) is 5.10 Å². The maximum atomic E-state index is 11.7. The second kappa shape index (κ2) is 7.71. The Kier molecular flexibility index (Phi) is 5.19. The normalized spacial score (nSPS) is 10.8. The van der Waals surface area contributed by atoms with Crippen LogP contribution in [0.1, 0.15) is 26.7 Å². The molecule has 2 aromatic heterocycles. The van der Waals surface area contributed by atoms with Gasteiger partial charge in [-0.1, -0.05) is 11.6 Å². The molecule has 0 unspecified atom stereocenters. The van der Waals surface area contributed by atoms with E-state index in [1.165, 1.54) is 25.7 Å². The van der Waals surface area contributed by atoms with E-state index in [9.17, 15) is 9.59 Å². The summed E-state index contributed by atoms with van der Waals surface area (Å²) in [6, 6.07) is 11.4. The van der Waals surface area contributed by atoms with E-state index in [1.54, 1.807) is 36.4 Å². The number of halogens is 1. The van der Waals surface area contributed by atoms with Gasteiger partial charge < -0.3 is 13.6 Å². The summed E-state index contributed by atoms with van der Waals surface area (Å²) in [4.78, 5) is 23.4. The van der Waals surface area contributed by atoms with Crippen molar-refractivity contribution in [3.63, 3.8) is 0 Å². The number of ether oxygens (including phenoxy) is 1. The first-order chi connectivity index (χ1) is 12.6. The van der Waals surface area contributed by atoms with Crippen LogP contribution in [0.2, 0.25) is 5.02 Å². The van der Waals surface area contributed by atoms with Gasteiger partial charge in [-0.15, -0.1) is 0 Å². The van der Waals surface area contributed by atoms with Gasteiger partial charge in [-0.3, -0.25) is 4.79 Å². The lowest BCUT2D eigenvalue weighted by atomic mass is 10.1. The largest absolute Gasteiger partial charge is 0.465 e. The summed E-state index contributed by atoms with van der Waals surface area (Å²) in [7, 11) is 1.28. The standard InChI is InChI=1S/C18H13ClN2O5/c1-24-18(23)13-9-11(4-6-14(13)19)15-7-5-12(26-15)10-20-21-17(22)16-3-2-8-25-16/h2-10H,1H3,(H,21,22)/b20-10-. The first-order valence-electron chi connectivity index (χ1n) is 7.43. The molecule has 2 heterocycles. The first kappa shape index (κ1) is 17.5. The van der Waals surface area contributed by atoms with E-state index in [0.717, 1.165) is 0 Å². The van der Waals surface area contributed by atoms with Crippen LogP contribution in [0.4, 0.5) is 0 Å². The number of hydrazone groups is 1. The lowest BCUT2D eigenvalue weighted by Gasteiger charge is -2.04. The minimum absolute atomic E-state index is 0.152. The molecule has 0 fully saturated rings. The summed E-state index contributed by atoms with van der Waals surface area (Å²) in [5, 5.41) is 4.09. The number of nitrogens with zero attached hydrogens (tertiary/aromatic N) is 1. The van der Waals surface area contributed by atoms with Crippen LogP contribution < -0.4 is 5.43 Å². The number of esters is 1. The van der Waals surface area contributed by atoms with Gasteiger partial charge in [0.15, 0.2) is 5.76 Å². The zero-order chi connectivity index (χ0) is 18.5. The van der Waals surface area contributed by atoms with Gasteiger partial charge in [0.2, 0.25) is 0 Å². The Morgan fingerprint density at radius 3 is 2.81 bits per heavy atom. The van der Waals surface area contributed by atoms with Gasteiger partial charge in [-0.05, 0) is 42.5 Å². The highest BCUT2D eigenvalue weighted by atomic mass is 35.5. The number of methoxy groups -OCH3 is 1. The van der Waals surface area contributed by atoms with Crippen LogP contribution in [-0.4, -0.2) is 25.2 Å². The Bertz CT molecular complexity index is 960. The van der Waals surface area contributed by atoms with Crippen LogP contribution in [-0.2, 0) is 4.74 Å². The highest BCUT2D eigenvalue weighted by Crippen LogP contribution is 2.27.